The Morgan fingerprint density at radius 1 is 0.717 bits per heavy atom. The Hall–Kier alpha value is -5.27. The molecule has 0 saturated carbocycles. The number of carbonyl (C=O) groups excluding carboxylic acids is 1. The van der Waals surface area contributed by atoms with Crippen LogP contribution in [0.1, 0.15) is 51.3 Å². The van der Waals surface area contributed by atoms with Crippen molar-refractivity contribution in [3.05, 3.63) is 180 Å². The lowest BCUT2D eigenvalue weighted by atomic mass is 9.70. The van der Waals surface area contributed by atoms with Crippen LogP contribution in [0, 0.1) is 11.8 Å². The van der Waals surface area contributed by atoms with Gasteiger partial charge in [0.2, 0.25) is 0 Å². The number of amides is 1. The van der Waals surface area contributed by atoms with Gasteiger partial charge in [-0.3, -0.25) is 9.63 Å². The summed E-state index contributed by atoms with van der Waals surface area (Å²) in [5, 5.41) is 1.63. The third-order valence-electron chi connectivity index (χ3n) is 9.39. The van der Waals surface area contributed by atoms with Gasteiger partial charge in [-0.1, -0.05) is 121 Å². The monoisotopic (exact) mass is 605 g/mol. The Morgan fingerprint density at radius 2 is 1.30 bits per heavy atom. The first-order valence-electron chi connectivity index (χ1n) is 15.9. The molecule has 7 nitrogen and oxygen atoms in total. The molecule has 46 heavy (non-hydrogen) atoms. The molecule has 0 unspecified atom stereocenters. The van der Waals surface area contributed by atoms with Gasteiger partial charge in [0.15, 0.2) is 0 Å². The van der Waals surface area contributed by atoms with Gasteiger partial charge in [0.05, 0.1) is 48.2 Å². The topological polar surface area (TPSA) is 65.2 Å². The highest BCUT2D eigenvalue weighted by atomic mass is 16.7. The summed E-state index contributed by atoms with van der Waals surface area (Å²) in [5.74, 6) is -0.531. The fourth-order valence-electron chi connectivity index (χ4n) is 7.24. The average Bonchev–Trinajstić information content (AvgIpc) is 3.74. The second-order valence-electron chi connectivity index (χ2n) is 12.3. The maximum Gasteiger partial charge on any atom is 0.250 e. The third kappa shape index (κ3) is 5.33. The standard InChI is InChI=1S/C39H35N5O2/c45-39-32-21-34-38(43(27-41-34)23-29-15-7-2-8-16-29)36(35-24-42(26-40-35)22-28-13-5-1-6-14-28)33(32)25-46-44(39)37(30-17-9-3-10-18-30)31-19-11-4-12-20-31/h1-20,24,26-27,32-33,36-37H,21-23,25H2/t32-,33+,36+/m0/s1. The van der Waals surface area contributed by atoms with Crippen LogP contribution in [0.2, 0.25) is 0 Å². The zero-order valence-corrected chi connectivity index (χ0v) is 25.5. The fourth-order valence-corrected chi connectivity index (χ4v) is 7.24. The van der Waals surface area contributed by atoms with Gasteiger partial charge in [-0.05, 0) is 22.3 Å². The Kier molecular flexibility index (Phi) is 7.52. The molecule has 2 aromatic heterocycles. The Balaban J connectivity index is 1.18. The van der Waals surface area contributed by atoms with E-state index < -0.39 is 0 Å². The molecular formula is C39H35N5O2. The minimum absolute atomic E-state index is 0.00839. The molecule has 8 rings (SSSR count). The van der Waals surface area contributed by atoms with Crippen molar-refractivity contribution >= 4 is 5.91 Å². The summed E-state index contributed by atoms with van der Waals surface area (Å²) in [7, 11) is 0. The maximum atomic E-state index is 14.6. The minimum Gasteiger partial charge on any atom is -0.333 e. The van der Waals surface area contributed by atoms with E-state index in [2.05, 4.69) is 88.1 Å². The predicted molar refractivity (Wildman–Crippen MR) is 176 cm³/mol. The number of hydrogen-bond acceptors (Lipinski definition) is 4. The Labute approximate surface area is 268 Å². The molecule has 0 N–H and O–H groups in total. The minimum atomic E-state index is -0.351. The zero-order valence-electron chi connectivity index (χ0n) is 25.5. The van der Waals surface area contributed by atoms with E-state index in [-0.39, 0.29) is 29.7 Å². The van der Waals surface area contributed by atoms with Crippen LogP contribution in [-0.2, 0) is 29.1 Å². The van der Waals surface area contributed by atoms with Crippen molar-refractivity contribution in [2.45, 2.75) is 31.5 Å². The summed E-state index contributed by atoms with van der Waals surface area (Å²) in [5.41, 5.74) is 7.47. The number of imidazole rings is 2. The number of carbonyl (C=O) groups is 1. The van der Waals surface area contributed by atoms with Gasteiger partial charge in [0.25, 0.3) is 5.91 Å². The molecule has 0 bridgehead atoms. The molecule has 1 amide bonds. The van der Waals surface area contributed by atoms with E-state index in [0.717, 1.165) is 34.8 Å². The van der Waals surface area contributed by atoms with Gasteiger partial charge in [-0.25, -0.2) is 15.0 Å². The van der Waals surface area contributed by atoms with Crippen LogP contribution >= 0.6 is 0 Å². The van der Waals surface area contributed by atoms with Gasteiger partial charge in [0, 0.05) is 31.6 Å². The van der Waals surface area contributed by atoms with Gasteiger partial charge < -0.3 is 9.13 Å². The quantitative estimate of drug-likeness (QED) is 0.195. The highest BCUT2D eigenvalue weighted by Gasteiger charge is 2.50. The van der Waals surface area contributed by atoms with E-state index >= 15 is 0 Å². The van der Waals surface area contributed by atoms with E-state index in [1.54, 1.807) is 5.06 Å². The van der Waals surface area contributed by atoms with Crippen molar-refractivity contribution in [3.63, 3.8) is 0 Å². The summed E-state index contributed by atoms with van der Waals surface area (Å²) in [4.78, 5) is 31.1. The molecule has 228 valence electrons. The van der Waals surface area contributed by atoms with Crippen LogP contribution < -0.4 is 0 Å². The molecule has 0 spiro atoms. The second-order valence-corrected chi connectivity index (χ2v) is 12.3. The van der Waals surface area contributed by atoms with Crippen LogP contribution in [0.25, 0.3) is 0 Å². The molecule has 6 aromatic rings. The molecule has 1 aliphatic heterocycles. The van der Waals surface area contributed by atoms with Gasteiger partial charge in [0.1, 0.15) is 6.04 Å². The molecule has 7 heteroatoms. The number of fused-ring (bicyclic) bond motifs is 2. The molecular weight excluding hydrogens is 570 g/mol. The summed E-state index contributed by atoms with van der Waals surface area (Å²) in [6, 6.07) is 40.8. The first-order valence-corrected chi connectivity index (χ1v) is 15.9. The molecule has 1 aliphatic carbocycles. The van der Waals surface area contributed by atoms with Crippen molar-refractivity contribution in [1.82, 2.24) is 24.2 Å². The van der Waals surface area contributed by atoms with Crippen LogP contribution in [0.3, 0.4) is 0 Å². The zero-order chi connectivity index (χ0) is 30.9. The second kappa shape index (κ2) is 12.3. The molecule has 2 aliphatic rings. The van der Waals surface area contributed by atoms with Crippen molar-refractivity contribution in [3.8, 4) is 0 Å². The number of hydrogen-bond donors (Lipinski definition) is 0. The first kappa shape index (κ1) is 28.2. The summed E-state index contributed by atoms with van der Waals surface area (Å²) < 4.78 is 4.37. The predicted octanol–water partition coefficient (Wildman–Crippen LogP) is 6.66. The summed E-state index contributed by atoms with van der Waals surface area (Å²) in [6.07, 6.45) is 6.54. The van der Waals surface area contributed by atoms with Crippen molar-refractivity contribution in [2.24, 2.45) is 11.8 Å². The van der Waals surface area contributed by atoms with Crippen LogP contribution in [0.4, 0.5) is 0 Å². The summed E-state index contributed by atoms with van der Waals surface area (Å²) in [6.45, 7) is 1.83. The lowest BCUT2D eigenvalue weighted by Crippen LogP contribution is -2.52. The number of hydroxylamine groups is 2. The highest BCUT2D eigenvalue weighted by molar-refractivity contribution is 5.81. The normalized spacial score (nSPS) is 19.2. The number of rotatable bonds is 8. The molecule has 3 heterocycles. The molecule has 4 aromatic carbocycles. The average molecular weight is 606 g/mol. The smallest absolute Gasteiger partial charge is 0.250 e. The number of benzene rings is 4. The van der Waals surface area contributed by atoms with Crippen LogP contribution in [0.5, 0.6) is 0 Å². The van der Waals surface area contributed by atoms with Crippen LogP contribution in [-0.4, -0.2) is 36.7 Å². The molecule has 1 saturated heterocycles. The molecule has 0 radical (unpaired) electrons. The van der Waals surface area contributed by atoms with Gasteiger partial charge >= 0.3 is 0 Å². The first-order chi connectivity index (χ1) is 22.7. The summed E-state index contributed by atoms with van der Waals surface area (Å²) >= 11 is 0. The number of aromatic nitrogens is 4. The van der Waals surface area contributed by atoms with E-state index in [4.69, 9.17) is 14.8 Å². The van der Waals surface area contributed by atoms with Crippen molar-refractivity contribution < 1.29 is 9.63 Å². The van der Waals surface area contributed by atoms with Crippen molar-refractivity contribution in [1.29, 1.82) is 0 Å². The highest BCUT2D eigenvalue weighted by Crippen LogP contribution is 2.47. The largest absolute Gasteiger partial charge is 0.333 e. The lowest BCUT2D eigenvalue weighted by molar-refractivity contribution is -0.230. The third-order valence-corrected chi connectivity index (χ3v) is 9.39. The number of nitrogens with zero attached hydrogens (tertiary/aromatic N) is 5. The van der Waals surface area contributed by atoms with Crippen molar-refractivity contribution in [2.75, 3.05) is 6.61 Å². The van der Waals surface area contributed by atoms with E-state index in [1.807, 2.05) is 61.2 Å². The van der Waals surface area contributed by atoms with Crippen LogP contribution in [0.15, 0.2) is 140 Å². The van der Waals surface area contributed by atoms with Gasteiger partial charge in [-0.15, -0.1) is 0 Å². The van der Waals surface area contributed by atoms with E-state index in [9.17, 15) is 4.79 Å². The van der Waals surface area contributed by atoms with Gasteiger partial charge in [-0.2, -0.15) is 0 Å². The maximum absolute atomic E-state index is 14.6. The molecule has 1 fully saturated rings. The molecule has 3 atom stereocenters. The van der Waals surface area contributed by atoms with E-state index in [0.29, 0.717) is 19.6 Å². The fraction of sp³-hybridized carbons (Fsp3) is 0.205. The SMILES string of the molecule is O=C1[C@H]2Cc3ncn(Cc4ccccc4)c3[C@@H](c3cn(Cc4ccccc4)cn3)[C@@H]2CON1C(c1ccccc1)c1ccccc1. The Bertz CT molecular complexity index is 1880. The lowest BCUT2D eigenvalue weighted by Gasteiger charge is -2.45. The van der Waals surface area contributed by atoms with E-state index in [1.165, 1.54) is 11.1 Å². The Morgan fingerprint density at radius 3 is 1.93 bits per heavy atom.